The van der Waals surface area contributed by atoms with Crippen molar-refractivity contribution in [3.63, 3.8) is 0 Å². The molecule has 140 valence electrons. The topological polar surface area (TPSA) is 69.0 Å². The first-order valence-electron chi connectivity index (χ1n) is 9.37. The molecule has 0 radical (unpaired) electrons. The van der Waals surface area contributed by atoms with Crippen LogP contribution in [0.4, 0.5) is 0 Å². The molecule has 1 aliphatic heterocycles. The number of rotatable bonds is 5. The van der Waals surface area contributed by atoms with Gasteiger partial charge in [-0.3, -0.25) is 14.5 Å². The van der Waals surface area contributed by atoms with E-state index in [9.17, 15) is 4.79 Å². The number of para-hydroxylation sites is 1. The van der Waals surface area contributed by atoms with Gasteiger partial charge in [-0.25, -0.2) is 0 Å². The number of hydrogen-bond acceptors (Lipinski definition) is 4. The largest absolute Gasteiger partial charge is 0.379 e. The molecule has 1 aromatic carbocycles. The van der Waals surface area contributed by atoms with Gasteiger partial charge in [-0.05, 0) is 38.0 Å². The highest BCUT2D eigenvalue weighted by Crippen LogP contribution is 2.24. The van der Waals surface area contributed by atoms with Gasteiger partial charge < -0.3 is 10.1 Å². The molecule has 3 aromatic rings. The normalized spacial score (nSPS) is 19.7. The molecule has 0 bridgehead atoms. The van der Waals surface area contributed by atoms with Crippen LogP contribution in [0, 0.1) is 5.92 Å². The SMILES string of the molecule is CC(C)n1cc(C(=O)N[C@H]2COC[C@H]2Cc2ccnc3ccccc23)cn1. The molecule has 0 unspecified atom stereocenters. The highest BCUT2D eigenvalue weighted by molar-refractivity contribution is 5.94. The van der Waals surface area contributed by atoms with E-state index >= 15 is 0 Å². The molecule has 0 spiro atoms. The Kier molecular flexibility index (Phi) is 4.90. The van der Waals surface area contributed by atoms with Gasteiger partial charge in [0, 0.05) is 29.7 Å². The van der Waals surface area contributed by atoms with Crippen molar-refractivity contribution >= 4 is 16.8 Å². The van der Waals surface area contributed by atoms with Crippen LogP contribution in [-0.2, 0) is 11.2 Å². The van der Waals surface area contributed by atoms with Crippen LogP contribution in [0.3, 0.4) is 0 Å². The molecular weight excluding hydrogens is 340 g/mol. The van der Waals surface area contributed by atoms with Crippen molar-refractivity contribution in [2.75, 3.05) is 13.2 Å². The number of amides is 1. The first kappa shape index (κ1) is 17.7. The number of aromatic nitrogens is 3. The Hall–Kier alpha value is -2.73. The van der Waals surface area contributed by atoms with Crippen LogP contribution >= 0.6 is 0 Å². The second-order valence-electron chi connectivity index (χ2n) is 7.37. The van der Waals surface area contributed by atoms with Crippen molar-refractivity contribution in [1.82, 2.24) is 20.1 Å². The van der Waals surface area contributed by atoms with E-state index in [1.165, 1.54) is 5.56 Å². The number of carbonyl (C=O) groups is 1. The lowest BCUT2D eigenvalue weighted by atomic mass is 9.93. The van der Waals surface area contributed by atoms with Crippen LogP contribution < -0.4 is 5.32 Å². The Morgan fingerprint density at radius 1 is 1.30 bits per heavy atom. The van der Waals surface area contributed by atoms with E-state index in [-0.39, 0.29) is 23.9 Å². The number of fused-ring (bicyclic) bond motifs is 1. The van der Waals surface area contributed by atoms with Crippen LogP contribution in [0.2, 0.25) is 0 Å². The first-order chi connectivity index (χ1) is 13.1. The van der Waals surface area contributed by atoms with E-state index in [4.69, 9.17) is 4.74 Å². The molecule has 2 aromatic heterocycles. The van der Waals surface area contributed by atoms with Gasteiger partial charge in [0.05, 0.1) is 36.5 Å². The summed E-state index contributed by atoms with van der Waals surface area (Å²) >= 11 is 0. The summed E-state index contributed by atoms with van der Waals surface area (Å²) in [6.45, 7) is 5.26. The Labute approximate surface area is 158 Å². The van der Waals surface area contributed by atoms with Gasteiger partial charge in [-0.15, -0.1) is 0 Å². The van der Waals surface area contributed by atoms with Crippen molar-refractivity contribution in [3.8, 4) is 0 Å². The molecule has 0 aliphatic carbocycles. The Balaban J connectivity index is 1.48. The lowest BCUT2D eigenvalue weighted by Gasteiger charge is -2.19. The Morgan fingerprint density at radius 3 is 2.96 bits per heavy atom. The smallest absolute Gasteiger partial charge is 0.254 e. The average molecular weight is 364 g/mol. The van der Waals surface area contributed by atoms with Crippen LogP contribution in [0.25, 0.3) is 10.9 Å². The minimum atomic E-state index is -0.0954. The fourth-order valence-corrected chi connectivity index (χ4v) is 3.56. The summed E-state index contributed by atoms with van der Waals surface area (Å²) in [7, 11) is 0. The van der Waals surface area contributed by atoms with Crippen molar-refractivity contribution in [2.45, 2.75) is 32.4 Å². The van der Waals surface area contributed by atoms with Gasteiger partial charge in [0.1, 0.15) is 0 Å². The molecule has 6 nitrogen and oxygen atoms in total. The van der Waals surface area contributed by atoms with E-state index in [0.717, 1.165) is 17.3 Å². The van der Waals surface area contributed by atoms with Crippen molar-refractivity contribution in [1.29, 1.82) is 0 Å². The van der Waals surface area contributed by atoms with Crippen LogP contribution in [0.5, 0.6) is 0 Å². The zero-order valence-corrected chi connectivity index (χ0v) is 15.6. The van der Waals surface area contributed by atoms with E-state index in [1.807, 2.05) is 38.2 Å². The third kappa shape index (κ3) is 3.71. The van der Waals surface area contributed by atoms with E-state index < -0.39 is 0 Å². The molecule has 0 saturated carbocycles. The molecule has 1 N–H and O–H groups in total. The first-order valence-corrected chi connectivity index (χ1v) is 9.37. The van der Waals surface area contributed by atoms with Crippen LogP contribution in [-0.4, -0.2) is 39.9 Å². The molecule has 1 aliphatic rings. The monoisotopic (exact) mass is 364 g/mol. The van der Waals surface area contributed by atoms with E-state index in [0.29, 0.717) is 18.8 Å². The summed E-state index contributed by atoms with van der Waals surface area (Å²) in [5, 5.41) is 8.55. The second-order valence-corrected chi connectivity index (χ2v) is 7.37. The number of nitrogens with zero attached hydrogens (tertiary/aromatic N) is 3. The fraction of sp³-hybridized carbons (Fsp3) is 0.381. The lowest BCUT2D eigenvalue weighted by Crippen LogP contribution is -2.40. The van der Waals surface area contributed by atoms with E-state index in [2.05, 4.69) is 27.5 Å². The van der Waals surface area contributed by atoms with Crippen LogP contribution in [0.1, 0.15) is 35.8 Å². The maximum absolute atomic E-state index is 12.6. The van der Waals surface area contributed by atoms with Crippen molar-refractivity contribution in [2.24, 2.45) is 5.92 Å². The number of pyridine rings is 1. The molecule has 1 amide bonds. The zero-order valence-electron chi connectivity index (χ0n) is 15.6. The second kappa shape index (κ2) is 7.48. The molecule has 1 saturated heterocycles. The van der Waals surface area contributed by atoms with Gasteiger partial charge in [0.15, 0.2) is 0 Å². The average Bonchev–Trinajstić information content (AvgIpc) is 3.32. The van der Waals surface area contributed by atoms with Gasteiger partial charge in [-0.2, -0.15) is 5.10 Å². The summed E-state index contributed by atoms with van der Waals surface area (Å²) in [6, 6.07) is 10.4. The number of nitrogens with one attached hydrogen (secondary N) is 1. The third-order valence-electron chi connectivity index (χ3n) is 5.13. The van der Waals surface area contributed by atoms with E-state index in [1.54, 1.807) is 17.1 Å². The maximum Gasteiger partial charge on any atom is 0.254 e. The number of hydrogen-bond donors (Lipinski definition) is 1. The maximum atomic E-state index is 12.6. The molecule has 3 heterocycles. The van der Waals surface area contributed by atoms with Gasteiger partial charge >= 0.3 is 0 Å². The quantitative estimate of drug-likeness (QED) is 0.756. The molecular formula is C21H24N4O2. The summed E-state index contributed by atoms with van der Waals surface area (Å²) in [5.74, 6) is 0.141. The number of carbonyl (C=O) groups excluding carboxylic acids is 1. The zero-order chi connectivity index (χ0) is 18.8. The van der Waals surface area contributed by atoms with Crippen molar-refractivity contribution in [3.05, 3.63) is 60.0 Å². The summed E-state index contributed by atoms with van der Waals surface area (Å²) < 4.78 is 7.48. The Morgan fingerprint density at radius 2 is 2.15 bits per heavy atom. The molecule has 27 heavy (non-hydrogen) atoms. The molecule has 6 heteroatoms. The standard InChI is InChI=1S/C21H24N4O2/c1-14(2)25-11-17(10-23-25)21(26)24-20-13-27-12-16(20)9-15-7-8-22-19-6-4-3-5-18(15)19/h3-8,10-11,14,16,20H,9,12-13H2,1-2H3,(H,24,26)/t16-,20+/m1/s1. The molecule has 2 atom stereocenters. The summed E-state index contributed by atoms with van der Waals surface area (Å²) in [6.07, 6.45) is 6.11. The molecule has 4 rings (SSSR count). The predicted molar refractivity (Wildman–Crippen MR) is 104 cm³/mol. The predicted octanol–water partition coefficient (Wildman–Crippen LogP) is 3.00. The van der Waals surface area contributed by atoms with Crippen molar-refractivity contribution < 1.29 is 9.53 Å². The van der Waals surface area contributed by atoms with Gasteiger partial charge in [0.2, 0.25) is 0 Å². The minimum absolute atomic E-state index is 0.00757. The lowest BCUT2D eigenvalue weighted by molar-refractivity contribution is 0.0925. The number of benzene rings is 1. The number of ether oxygens (including phenoxy) is 1. The summed E-state index contributed by atoms with van der Waals surface area (Å²) in [5.41, 5.74) is 2.82. The minimum Gasteiger partial charge on any atom is -0.379 e. The van der Waals surface area contributed by atoms with Crippen LogP contribution in [0.15, 0.2) is 48.9 Å². The summed E-state index contributed by atoms with van der Waals surface area (Å²) in [4.78, 5) is 17.0. The Bertz CT molecular complexity index is 945. The third-order valence-corrected chi connectivity index (χ3v) is 5.13. The van der Waals surface area contributed by atoms with Gasteiger partial charge in [-0.1, -0.05) is 18.2 Å². The fourth-order valence-electron chi connectivity index (χ4n) is 3.56. The highest BCUT2D eigenvalue weighted by Gasteiger charge is 2.30. The highest BCUT2D eigenvalue weighted by atomic mass is 16.5. The van der Waals surface area contributed by atoms with Gasteiger partial charge in [0.25, 0.3) is 5.91 Å². The molecule has 1 fully saturated rings.